The second-order valence-electron chi connectivity index (χ2n) is 5.34. The van der Waals surface area contributed by atoms with Gasteiger partial charge >= 0.3 is 6.61 Å². The molecule has 0 bridgehead atoms. The van der Waals surface area contributed by atoms with Crippen molar-refractivity contribution in [2.24, 2.45) is 0 Å². The lowest BCUT2D eigenvalue weighted by atomic mass is 10.2. The van der Waals surface area contributed by atoms with E-state index in [4.69, 9.17) is 4.74 Å². The molecule has 0 aliphatic carbocycles. The van der Waals surface area contributed by atoms with Crippen molar-refractivity contribution in [1.29, 1.82) is 0 Å². The average Bonchev–Trinajstić information content (AvgIpc) is 2.45. The molecule has 0 atom stereocenters. The van der Waals surface area contributed by atoms with Gasteiger partial charge in [0, 0.05) is 25.7 Å². The van der Waals surface area contributed by atoms with E-state index in [2.05, 4.69) is 35.8 Å². The zero-order chi connectivity index (χ0) is 16.5. The Morgan fingerprint density at radius 2 is 1.95 bits per heavy atom. The van der Waals surface area contributed by atoms with Crippen molar-refractivity contribution in [3.05, 3.63) is 23.8 Å². The summed E-state index contributed by atoms with van der Waals surface area (Å²) in [4.78, 5) is 2.25. The molecule has 22 heavy (non-hydrogen) atoms. The quantitative estimate of drug-likeness (QED) is 0.673. The SMILES string of the molecule is CCOc1cc(CNCCN(C)C(C)C)ccc1OC(F)F. The first-order valence-electron chi connectivity index (χ1n) is 7.55. The highest BCUT2D eigenvalue weighted by molar-refractivity contribution is 5.43. The summed E-state index contributed by atoms with van der Waals surface area (Å²) in [5.74, 6) is 0.418. The number of hydrogen-bond donors (Lipinski definition) is 1. The van der Waals surface area contributed by atoms with Gasteiger partial charge in [0.2, 0.25) is 0 Å². The number of hydrogen-bond acceptors (Lipinski definition) is 4. The molecular formula is C16H26F2N2O2. The summed E-state index contributed by atoms with van der Waals surface area (Å²) in [6.07, 6.45) is 0. The van der Waals surface area contributed by atoms with Crippen LogP contribution in [0.25, 0.3) is 0 Å². The molecule has 0 fully saturated rings. The minimum atomic E-state index is -2.85. The number of nitrogens with one attached hydrogen (secondary N) is 1. The molecule has 0 saturated heterocycles. The number of alkyl halides is 2. The molecule has 0 amide bonds. The number of ether oxygens (including phenoxy) is 2. The van der Waals surface area contributed by atoms with Gasteiger partial charge in [0.05, 0.1) is 6.61 Å². The molecule has 6 heteroatoms. The average molecular weight is 316 g/mol. The van der Waals surface area contributed by atoms with Crippen LogP contribution in [0.2, 0.25) is 0 Å². The number of likely N-dealkylation sites (N-methyl/N-ethyl adjacent to an activating group) is 1. The maximum Gasteiger partial charge on any atom is 0.387 e. The third-order valence-electron chi connectivity index (χ3n) is 3.38. The number of halogens is 2. The van der Waals surface area contributed by atoms with Crippen molar-refractivity contribution in [3.8, 4) is 11.5 Å². The van der Waals surface area contributed by atoms with Crippen LogP contribution in [0.4, 0.5) is 8.78 Å². The zero-order valence-corrected chi connectivity index (χ0v) is 13.7. The van der Waals surface area contributed by atoms with Crippen molar-refractivity contribution in [2.45, 2.75) is 40.0 Å². The first-order valence-corrected chi connectivity index (χ1v) is 7.55. The van der Waals surface area contributed by atoms with Crippen molar-refractivity contribution in [2.75, 3.05) is 26.7 Å². The van der Waals surface area contributed by atoms with Crippen molar-refractivity contribution in [1.82, 2.24) is 10.2 Å². The molecule has 126 valence electrons. The Morgan fingerprint density at radius 3 is 2.55 bits per heavy atom. The highest BCUT2D eigenvalue weighted by atomic mass is 19.3. The highest BCUT2D eigenvalue weighted by Gasteiger charge is 2.11. The standard InChI is InChI=1S/C16H26F2N2O2/c1-5-21-15-10-13(6-7-14(15)22-16(17)18)11-19-8-9-20(4)12(2)3/h6-7,10,12,16,19H,5,8-9,11H2,1-4H3. The van der Waals surface area contributed by atoms with E-state index in [0.717, 1.165) is 18.7 Å². The van der Waals surface area contributed by atoms with Crippen LogP contribution in [0.3, 0.4) is 0 Å². The van der Waals surface area contributed by atoms with Gasteiger partial charge < -0.3 is 19.7 Å². The molecule has 4 nitrogen and oxygen atoms in total. The summed E-state index contributed by atoms with van der Waals surface area (Å²) in [5, 5.41) is 3.33. The summed E-state index contributed by atoms with van der Waals surface area (Å²) in [6.45, 7) is 6.10. The van der Waals surface area contributed by atoms with E-state index in [-0.39, 0.29) is 5.75 Å². The van der Waals surface area contributed by atoms with E-state index < -0.39 is 6.61 Å². The van der Waals surface area contributed by atoms with Crippen LogP contribution < -0.4 is 14.8 Å². The third kappa shape index (κ3) is 6.58. The summed E-state index contributed by atoms with van der Waals surface area (Å²) in [5.41, 5.74) is 0.970. The van der Waals surface area contributed by atoms with Crippen LogP contribution in [-0.2, 0) is 6.54 Å². The molecule has 0 spiro atoms. The molecular weight excluding hydrogens is 290 g/mol. The maximum atomic E-state index is 12.3. The van der Waals surface area contributed by atoms with Gasteiger partial charge in [0.15, 0.2) is 11.5 Å². The van der Waals surface area contributed by atoms with E-state index in [0.29, 0.717) is 24.9 Å². The molecule has 0 aromatic heterocycles. The molecule has 1 aromatic carbocycles. The maximum absolute atomic E-state index is 12.3. The molecule has 1 N–H and O–H groups in total. The molecule has 0 aliphatic heterocycles. The van der Waals surface area contributed by atoms with Crippen LogP contribution in [0.15, 0.2) is 18.2 Å². The first kappa shape index (κ1) is 18.6. The van der Waals surface area contributed by atoms with Gasteiger partial charge in [-0.2, -0.15) is 8.78 Å². The van der Waals surface area contributed by atoms with Crippen LogP contribution in [-0.4, -0.2) is 44.3 Å². The minimum Gasteiger partial charge on any atom is -0.490 e. The Bertz CT molecular complexity index is 442. The predicted octanol–water partition coefficient (Wildman–Crippen LogP) is 3.12. The Kier molecular flexibility index (Phi) is 8.12. The Hall–Kier alpha value is -1.40. The fraction of sp³-hybridized carbons (Fsp3) is 0.625. The van der Waals surface area contributed by atoms with Gasteiger partial charge in [-0.1, -0.05) is 6.07 Å². The third-order valence-corrected chi connectivity index (χ3v) is 3.38. The van der Waals surface area contributed by atoms with Crippen LogP contribution in [0, 0.1) is 0 Å². The summed E-state index contributed by atoms with van der Waals surface area (Å²) >= 11 is 0. The first-order chi connectivity index (χ1) is 10.4. The summed E-state index contributed by atoms with van der Waals surface area (Å²) in [7, 11) is 2.08. The predicted molar refractivity (Wildman–Crippen MR) is 83.7 cm³/mol. The van der Waals surface area contributed by atoms with E-state index in [9.17, 15) is 8.78 Å². The zero-order valence-electron chi connectivity index (χ0n) is 13.7. The lowest BCUT2D eigenvalue weighted by Crippen LogP contribution is -2.33. The number of rotatable bonds is 10. The highest BCUT2D eigenvalue weighted by Crippen LogP contribution is 2.29. The van der Waals surface area contributed by atoms with E-state index in [1.54, 1.807) is 19.1 Å². The molecule has 1 aromatic rings. The summed E-state index contributed by atoms with van der Waals surface area (Å²) in [6, 6.07) is 5.53. The van der Waals surface area contributed by atoms with Crippen molar-refractivity contribution < 1.29 is 18.3 Å². The Labute approximate surface area is 131 Å². The second kappa shape index (κ2) is 9.58. The number of nitrogens with zero attached hydrogens (tertiary/aromatic N) is 1. The topological polar surface area (TPSA) is 33.7 Å². The minimum absolute atomic E-state index is 0.0696. The summed E-state index contributed by atoms with van der Waals surface area (Å²) < 4.78 is 34.5. The second-order valence-corrected chi connectivity index (χ2v) is 5.34. The van der Waals surface area contributed by atoms with Gasteiger partial charge in [-0.3, -0.25) is 0 Å². The Balaban J connectivity index is 2.55. The Morgan fingerprint density at radius 1 is 1.23 bits per heavy atom. The van der Waals surface area contributed by atoms with Gasteiger partial charge in [-0.15, -0.1) is 0 Å². The monoisotopic (exact) mass is 316 g/mol. The molecule has 0 heterocycles. The lowest BCUT2D eigenvalue weighted by Gasteiger charge is -2.21. The number of benzene rings is 1. The lowest BCUT2D eigenvalue weighted by molar-refractivity contribution is -0.0514. The smallest absolute Gasteiger partial charge is 0.387 e. The largest absolute Gasteiger partial charge is 0.490 e. The van der Waals surface area contributed by atoms with E-state index in [1.807, 2.05) is 0 Å². The van der Waals surface area contributed by atoms with Gasteiger partial charge in [0.25, 0.3) is 0 Å². The van der Waals surface area contributed by atoms with Crippen LogP contribution in [0.1, 0.15) is 26.3 Å². The molecule has 0 radical (unpaired) electrons. The molecule has 0 saturated carbocycles. The molecule has 0 aliphatic rings. The fourth-order valence-corrected chi connectivity index (χ4v) is 1.87. The van der Waals surface area contributed by atoms with Gasteiger partial charge in [-0.05, 0) is 45.5 Å². The van der Waals surface area contributed by atoms with Crippen molar-refractivity contribution in [3.63, 3.8) is 0 Å². The van der Waals surface area contributed by atoms with E-state index in [1.165, 1.54) is 6.07 Å². The van der Waals surface area contributed by atoms with Gasteiger partial charge in [0.1, 0.15) is 0 Å². The fourth-order valence-electron chi connectivity index (χ4n) is 1.87. The normalized spacial score (nSPS) is 11.5. The van der Waals surface area contributed by atoms with Crippen LogP contribution in [0.5, 0.6) is 11.5 Å². The van der Waals surface area contributed by atoms with Crippen LogP contribution >= 0.6 is 0 Å². The van der Waals surface area contributed by atoms with Gasteiger partial charge in [-0.25, -0.2) is 0 Å². The van der Waals surface area contributed by atoms with E-state index >= 15 is 0 Å². The molecule has 1 rings (SSSR count). The van der Waals surface area contributed by atoms with Crippen molar-refractivity contribution >= 4 is 0 Å². The molecule has 0 unspecified atom stereocenters.